The Hall–Kier alpha value is -2.38. The summed E-state index contributed by atoms with van der Waals surface area (Å²) in [6, 6.07) is 3.07. The summed E-state index contributed by atoms with van der Waals surface area (Å²) >= 11 is 0. The first-order valence-corrected chi connectivity index (χ1v) is 9.35. The molecule has 1 aromatic rings. The third-order valence-electron chi connectivity index (χ3n) is 4.48. The van der Waals surface area contributed by atoms with Crippen molar-refractivity contribution >= 4 is 11.9 Å². The molecule has 1 aliphatic rings. The van der Waals surface area contributed by atoms with Gasteiger partial charge in [-0.1, -0.05) is 6.08 Å². The smallest absolute Gasteiger partial charge is 0.340 e. The lowest BCUT2D eigenvalue weighted by atomic mass is 10.1. The fraction of sp³-hybridized carbons (Fsp3) is 0.524. The summed E-state index contributed by atoms with van der Waals surface area (Å²) in [4.78, 5) is 24.4. The molecule has 1 saturated heterocycles. The lowest BCUT2D eigenvalue weighted by Gasteiger charge is -2.24. The average Bonchev–Trinajstić information content (AvgIpc) is 2.73. The van der Waals surface area contributed by atoms with Gasteiger partial charge >= 0.3 is 11.9 Å². The van der Waals surface area contributed by atoms with Crippen LogP contribution < -0.4 is 9.47 Å². The molecule has 2 unspecified atom stereocenters. The molecule has 0 radical (unpaired) electrons. The van der Waals surface area contributed by atoms with Gasteiger partial charge < -0.3 is 23.7 Å². The molecule has 1 aliphatic heterocycles. The Kier molecular flexibility index (Phi) is 8.47. The molecule has 7 heteroatoms. The topological polar surface area (TPSA) is 80.3 Å². The van der Waals surface area contributed by atoms with E-state index in [0.717, 1.165) is 25.9 Å². The predicted molar refractivity (Wildman–Crippen MR) is 103 cm³/mol. The summed E-state index contributed by atoms with van der Waals surface area (Å²) in [5.74, 6) is -0.559. The molecule has 2 atom stereocenters. The number of carbonyl (C=O) groups is 2. The van der Waals surface area contributed by atoms with Crippen LogP contribution in [0.2, 0.25) is 0 Å². The molecule has 1 fully saturated rings. The van der Waals surface area contributed by atoms with Crippen molar-refractivity contribution in [3.63, 3.8) is 0 Å². The van der Waals surface area contributed by atoms with E-state index in [1.807, 2.05) is 0 Å². The molecule has 154 valence electrons. The monoisotopic (exact) mass is 392 g/mol. The molecule has 1 aromatic carbocycles. The van der Waals surface area contributed by atoms with Gasteiger partial charge in [-0.2, -0.15) is 0 Å². The highest BCUT2D eigenvalue weighted by Gasteiger charge is 2.24. The summed E-state index contributed by atoms with van der Waals surface area (Å²) < 4.78 is 26.9. The minimum atomic E-state index is -0.771. The van der Waals surface area contributed by atoms with Gasteiger partial charge in [-0.25, -0.2) is 9.59 Å². The first-order chi connectivity index (χ1) is 13.5. The van der Waals surface area contributed by atoms with Crippen molar-refractivity contribution in [2.45, 2.75) is 44.8 Å². The van der Waals surface area contributed by atoms with E-state index >= 15 is 0 Å². The van der Waals surface area contributed by atoms with E-state index in [0.29, 0.717) is 24.2 Å². The highest BCUT2D eigenvalue weighted by molar-refractivity contribution is 5.91. The fourth-order valence-corrected chi connectivity index (χ4v) is 2.91. The number of hydrogen-bond donors (Lipinski definition) is 0. The second kappa shape index (κ2) is 10.8. The number of ether oxygens (including phenoxy) is 5. The number of rotatable bonds is 9. The van der Waals surface area contributed by atoms with Gasteiger partial charge in [-0.05, 0) is 44.7 Å². The number of carbonyl (C=O) groups excluding carboxylic acids is 2. The minimum Gasteiger partial charge on any atom is -0.493 e. The molecule has 2 rings (SSSR count). The molecule has 0 N–H and O–H groups in total. The van der Waals surface area contributed by atoms with Gasteiger partial charge in [0, 0.05) is 12.2 Å². The van der Waals surface area contributed by atoms with E-state index in [-0.39, 0.29) is 17.6 Å². The molecule has 0 aliphatic carbocycles. The van der Waals surface area contributed by atoms with Crippen LogP contribution in [0.5, 0.6) is 11.5 Å². The molecule has 0 saturated carbocycles. The largest absolute Gasteiger partial charge is 0.493 e. The van der Waals surface area contributed by atoms with Crippen LogP contribution in [0.3, 0.4) is 0 Å². The second-order valence-electron chi connectivity index (χ2n) is 6.54. The molecular formula is C21H28O7. The normalized spacial score (nSPS) is 17.5. The number of benzene rings is 1. The molecule has 28 heavy (non-hydrogen) atoms. The Labute approximate surface area is 165 Å². The zero-order chi connectivity index (χ0) is 20.5. The highest BCUT2D eigenvalue weighted by Crippen LogP contribution is 2.34. The molecule has 0 aromatic heterocycles. The maximum atomic E-state index is 12.5. The van der Waals surface area contributed by atoms with E-state index in [4.69, 9.17) is 23.7 Å². The minimum absolute atomic E-state index is 0.00852. The van der Waals surface area contributed by atoms with Crippen LogP contribution in [-0.4, -0.2) is 51.6 Å². The van der Waals surface area contributed by atoms with E-state index in [1.165, 1.54) is 20.3 Å². The van der Waals surface area contributed by atoms with Crippen molar-refractivity contribution in [1.29, 1.82) is 0 Å². The number of allylic oxidation sites excluding steroid dienone is 1. The van der Waals surface area contributed by atoms with Crippen LogP contribution in [0, 0.1) is 0 Å². The van der Waals surface area contributed by atoms with Crippen LogP contribution >= 0.6 is 0 Å². The summed E-state index contributed by atoms with van der Waals surface area (Å²) in [5, 5.41) is 0. The third kappa shape index (κ3) is 5.81. The Balaban J connectivity index is 2.12. The Morgan fingerprint density at radius 3 is 2.71 bits per heavy atom. The zero-order valence-corrected chi connectivity index (χ0v) is 16.7. The SMILES string of the molecule is C=CCc1cc(C(=O)OC)cc(OC)c1OC(=O)C(C)OCC1CCCCO1. The Morgan fingerprint density at radius 2 is 2.11 bits per heavy atom. The quantitative estimate of drug-likeness (QED) is 0.363. The van der Waals surface area contributed by atoms with Crippen LogP contribution in [0.1, 0.15) is 42.1 Å². The molecular weight excluding hydrogens is 364 g/mol. The number of methoxy groups -OCH3 is 2. The van der Waals surface area contributed by atoms with Crippen LogP contribution in [0.4, 0.5) is 0 Å². The fourth-order valence-electron chi connectivity index (χ4n) is 2.91. The maximum absolute atomic E-state index is 12.5. The van der Waals surface area contributed by atoms with Crippen molar-refractivity contribution in [2.75, 3.05) is 27.4 Å². The lowest BCUT2D eigenvalue weighted by Crippen LogP contribution is -2.32. The first kappa shape index (κ1) is 21.9. The van der Waals surface area contributed by atoms with Crippen molar-refractivity contribution in [3.05, 3.63) is 35.9 Å². The van der Waals surface area contributed by atoms with Crippen LogP contribution in [-0.2, 0) is 25.4 Å². The maximum Gasteiger partial charge on any atom is 0.340 e. The number of hydrogen-bond acceptors (Lipinski definition) is 7. The molecule has 0 amide bonds. The van der Waals surface area contributed by atoms with Gasteiger partial charge in [-0.15, -0.1) is 6.58 Å². The third-order valence-corrected chi connectivity index (χ3v) is 4.48. The first-order valence-electron chi connectivity index (χ1n) is 9.35. The average molecular weight is 392 g/mol. The summed E-state index contributed by atoms with van der Waals surface area (Å²) in [5.41, 5.74) is 0.889. The highest BCUT2D eigenvalue weighted by atomic mass is 16.6. The van der Waals surface area contributed by atoms with Gasteiger partial charge in [0.2, 0.25) is 0 Å². The van der Waals surface area contributed by atoms with E-state index in [2.05, 4.69) is 6.58 Å². The summed E-state index contributed by atoms with van der Waals surface area (Å²) in [6.45, 7) is 6.40. The summed E-state index contributed by atoms with van der Waals surface area (Å²) in [6.07, 6.45) is 4.35. The van der Waals surface area contributed by atoms with Gasteiger partial charge in [0.25, 0.3) is 0 Å². The van der Waals surface area contributed by atoms with Crippen molar-refractivity contribution in [3.8, 4) is 11.5 Å². The predicted octanol–water partition coefficient (Wildman–Crippen LogP) is 3.09. The lowest BCUT2D eigenvalue weighted by molar-refractivity contribution is -0.149. The van der Waals surface area contributed by atoms with Crippen LogP contribution in [0.25, 0.3) is 0 Å². The van der Waals surface area contributed by atoms with Gasteiger partial charge in [0.1, 0.15) is 0 Å². The second-order valence-corrected chi connectivity index (χ2v) is 6.54. The molecule has 0 spiro atoms. The Bertz CT molecular complexity index is 692. The van der Waals surface area contributed by atoms with Crippen LogP contribution in [0.15, 0.2) is 24.8 Å². The van der Waals surface area contributed by atoms with E-state index in [1.54, 1.807) is 19.1 Å². The van der Waals surface area contributed by atoms with E-state index in [9.17, 15) is 9.59 Å². The van der Waals surface area contributed by atoms with Gasteiger partial charge in [-0.3, -0.25) is 0 Å². The van der Waals surface area contributed by atoms with Gasteiger partial charge in [0.05, 0.1) is 32.5 Å². The van der Waals surface area contributed by atoms with E-state index < -0.39 is 18.0 Å². The molecule has 7 nitrogen and oxygen atoms in total. The molecule has 0 bridgehead atoms. The standard InChI is InChI=1S/C21H28O7/c1-5-8-15-11-16(21(23)25-4)12-18(24-3)19(15)28-20(22)14(2)27-13-17-9-6-7-10-26-17/h5,11-12,14,17H,1,6-10,13H2,2-4H3. The zero-order valence-electron chi connectivity index (χ0n) is 16.7. The Morgan fingerprint density at radius 1 is 1.32 bits per heavy atom. The number of esters is 2. The summed E-state index contributed by atoms with van der Waals surface area (Å²) in [7, 11) is 2.73. The van der Waals surface area contributed by atoms with Crippen molar-refractivity contribution in [2.24, 2.45) is 0 Å². The van der Waals surface area contributed by atoms with Crippen molar-refractivity contribution in [1.82, 2.24) is 0 Å². The van der Waals surface area contributed by atoms with Crippen molar-refractivity contribution < 1.29 is 33.3 Å². The van der Waals surface area contributed by atoms with Gasteiger partial charge in [0.15, 0.2) is 17.6 Å². The molecule has 1 heterocycles.